The van der Waals surface area contributed by atoms with Crippen LogP contribution < -0.4 is 34.3 Å². The molecule has 1 N–H and O–H groups in total. The minimum atomic E-state index is -0.112. The van der Waals surface area contributed by atoms with Crippen molar-refractivity contribution in [2.24, 2.45) is 0 Å². The Morgan fingerprint density at radius 2 is 2.44 bits per heavy atom. The quantitative estimate of drug-likeness (QED) is 0.240. The van der Waals surface area contributed by atoms with E-state index in [9.17, 15) is 4.79 Å². The van der Waals surface area contributed by atoms with E-state index in [4.69, 9.17) is 4.18 Å². The van der Waals surface area contributed by atoms with Crippen molar-refractivity contribution in [3.63, 3.8) is 0 Å². The van der Waals surface area contributed by atoms with E-state index in [0.717, 1.165) is 12.2 Å². The molecule has 0 aromatic heterocycles. The molecule has 3 nitrogen and oxygen atoms in total. The maximum atomic E-state index is 10.4. The fourth-order valence-corrected chi connectivity index (χ4v) is 0.728. The van der Waals surface area contributed by atoms with Gasteiger partial charge in [-0.2, -0.15) is 0 Å². The molecule has 1 aliphatic heterocycles. The second-order valence-corrected chi connectivity index (χ2v) is 1.93. The predicted octanol–water partition coefficient (Wildman–Crippen LogP) is -2.40. The van der Waals surface area contributed by atoms with Gasteiger partial charge in [-0.1, -0.05) is 0 Å². The molecule has 0 saturated heterocycles. The van der Waals surface area contributed by atoms with Gasteiger partial charge >= 0.3 is 29.6 Å². The molecule has 0 bridgehead atoms. The zero-order chi connectivity index (χ0) is 5.98. The largest absolute Gasteiger partial charge is 1.00 e. The van der Waals surface area contributed by atoms with Crippen molar-refractivity contribution < 1.29 is 38.5 Å². The molecule has 0 fully saturated rings. The zero-order valence-corrected chi connectivity index (χ0v) is 8.12. The van der Waals surface area contributed by atoms with Crippen molar-refractivity contribution >= 4 is 18.1 Å². The fourth-order valence-electron chi connectivity index (χ4n) is 0.366. The van der Waals surface area contributed by atoms with E-state index in [2.05, 4.69) is 4.72 Å². The van der Waals surface area contributed by atoms with Crippen molar-refractivity contribution in [1.29, 1.82) is 0 Å². The van der Waals surface area contributed by atoms with E-state index < -0.39 is 0 Å². The summed E-state index contributed by atoms with van der Waals surface area (Å²) in [6.07, 6.45) is 1.40. The summed E-state index contributed by atoms with van der Waals surface area (Å²) in [5.41, 5.74) is 0. The van der Waals surface area contributed by atoms with Gasteiger partial charge in [0.05, 0.1) is 0 Å². The Hall–Kier alpha value is 0.360. The smallest absolute Gasteiger partial charge is 0.410 e. The number of hydrogen-bond acceptors (Lipinski definition) is 3. The van der Waals surface area contributed by atoms with Crippen LogP contribution in [0.5, 0.6) is 0 Å². The predicted molar refractivity (Wildman–Crippen MR) is 30.6 cm³/mol. The van der Waals surface area contributed by atoms with E-state index in [1.54, 1.807) is 6.92 Å². The first-order valence-electron chi connectivity index (χ1n) is 2.11. The number of carbonyl (C=O) groups is 1. The van der Waals surface area contributed by atoms with Gasteiger partial charge in [-0.25, -0.2) is 0 Å². The van der Waals surface area contributed by atoms with Gasteiger partial charge in [0.15, 0.2) is 12.2 Å². The van der Waals surface area contributed by atoms with Crippen molar-refractivity contribution in [2.75, 3.05) is 0 Å². The molecule has 1 heterocycles. The number of hydrogen-bond donors (Lipinski definition) is 1. The van der Waals surface area contributed by atoms with Gasteiger partial charge in [0, 0.05) is 6.08 Å². The van der Waals surface area contributed by atoms with E-state index in [1.165, 1.54) is 6.08 Å². The molecule has 0 atom stereocenters. The van der Waals surface area contributed by atoms with Gasteiger partial charge in [0.25, 0.3) is 5.91 Å². The third-order valence-corrected chi connectivity index (χ3v) is 1.28. The van der Waals surface area contributed by atoms with Crippen LogP contribution in [-0.2, 0) is 8.98 Å². The number of carbonyl (C=O) groups excluding carboxylic acids is 1. The van der Waals surface area contributed by atoms with E-state index >= 15 is 0 Å². The molecule has 0 saturated carbocycles. The first-order valence-corrected chi connectivity index (χ1v) is 2.85. The van der Waals surface area contributed by atoms with Crippen LogP contribution in [0.1, 0.15) is 6.92 Å². The van der Waals surface area contributed by atoms with Crippen LogP contribution in [0.2, 0.25) is 0 Å². The van der Waals surface area contributed by atoms with E-state index in [-0.39, 0.29) is 35.5 Å². The summed E-state index contributed by atoms with van der Waals surface area (Å²) in [5, 5.41) is 0. The van der Waals surface area contributed by atoms with Crippen LogP contribution in [-0.4, -0.2) is 5.91 Å². The van der Waals surface area contributed by atoms with Crippen molar-refractivity contribution in [3.8, 4) is 0 Å². The average Bonchev–Trinajstić information content (AvgIpc) is 1.64. The Bertz CT molecular complexity index is 148. The first kappa shape index (κ1) is 9.36. The Morgan fingerprint density at radius 3 is 2.78 bits per heavy atom. The Labute approximate surface area is 79.8 Å². The van der Waals surface area contributed by atoms with Gasteiger partial charge in [-0.3, -0.25) is 9.52 Å². The molecule has 0 radical (unpaired) electrons. The van der Waals surface area contributed by atoms with Crippen LogP contribution in [0.3, 0.4) is 0 Å². The fraction of sp³-hybridized carbons (Fsp3) is 0.250. The molecule has 0 unspecified atom stereocenters. The summed E-state index contributed by atoms with van der Waals surface area (Å²) in [5.74, 6) is 0.525. The average molecular weight is 154 g/mol. The Balaban J connectivity index is 0.000000640. The monoisotopic (exact) mass is 154 g/mol. The summed E-state index contributed by atoms with van der Waals surface area (Å²) in [4.78, 5) is 10.4. The second kappa shape index (κ2) is 4.22. The molecule has 0 spiro atoms. The van der Waals surface area contributed by atoms with Crippen LogP contribution in [0.25, 0.3) is 0 Å². The van der Waals surface area contributed by atoms with Crippen LogP contribution >= 0.6 is 12.2 Å². The maximum absolute atomic E-state index is 10.4. The second-order valence-electron chi connectivity index (χ2n) is 1.39. The molecule has 0 aromatic rings. The van der Waals surface area contributed by atoms with Crippen LogP contribution in [0.15, 0.2) is 11.8 Å². The minimum absolute atomic E-state index is 0. The molecule has 0 aromatic carbocycles. The summed E-state index contributed by atoms with van der Waals surface area (Å²) >= 11 is 0.943. The third kappa shape index (κ3) is 3.15. The maximum Gasteiger partial charge on any atom is 1.00 e. The number of allylic oxidation sites excluding steroid dienone is 1. The first-order chi connectivity index (χ1) is 3.79. The van der Waals surface area contributed by atoms with Crippen molar-refractivity contribution in [1.82, 2.24) is 4.72 Å². The topological polar surface area (TPSA) is 38.3 Å². The van der Waals surface area contributed by atoms with Crippen LogP contribution in [0.4, 0.5) is 0 Å². The summed E-state index contributed by atoms with van der Waals surface area (Å²) in [6, 6.07) is 0. The molecule has 5 heteroatoms. The van der Waals surface area contributed by atoms with Gasteiger partial charge < -0.3 is 4.18 Å². The van der Waals surface area contributed by atoms with E-state index in [1.807, 2.05) is 0 Å². The van der Waals surface area contributed by atoms with Crippen molar-refractivity contribution in [2.45, 2.75) is 6.92 Å². The van der Waals surface area contributed by atoms with E-state index in [0.29, 0.717) is 5.76 Å². The van der Waals surface area contributed by atoms with Gasteiger partial charge in [-0.15, -0.1) is 0 Å². The molecular formula is C4H5NNaO2S+. The standard InChI is InChI=1S/C4H5NO2S.Na/c1-3-2-4(6)5-8-7-3;/h2H,1H3,(H,5,6);/q;+1. The molecular weight excluding hydrogens is 149 g/mol. The normalized spacial score (nSPS) is 16.6. The minimum Gasteiger partial charge on any atom is -0.410 e. The van der Waals surface area contributed by atoms with Crippen molar-refractivity contribution in [3.05, 3.63) is 11.8 Å². The molecule has 1 rings (SSSR count). The third-order valence-electron chi connectivity index (χ3n) is 0.650. The SMILES string of the molecule is CC1=CC(=O)NSO1.[Na+]. The zero-order valence-electron chi connectivity index (χ0n) is 5.30. The van der Waals surface area contributed by atoms with Crippen LogP contribution in [0, 0.1) is 0 Å². The molecule has 44 valence electrons. The van der Waals surface area contributed by atoms with Gasteiger partial charge in [0.1, 0.15) is 5.76 Å². The Kier molecular flexibility index (Phi) is 4.39. The summed E-state index contributed by atoms with van der Waals surface area (Å²) in [7, 11) is 0. The molecule has 1 aliphatic rings. The molecule has 1 amide bonds. The molecule has 0 aliphatic carbocycles. The Morgan fingerprint density at radius 1 is 1.78 bits per heavy atom. The molecule has 9 heavy (non-hydrogen) atoms. The van der Waals surface area contributed by atoms with Gasteiger partial charge in [-0.05, 0) is 6.92 Å². The number of nitrogens with one attached hydrogen (secondary N) is 1. The summed E-state index contributed by atoms with van der Waals surface area (Å²) < 4.78 is 7.19. The number of rotatable bonds is 0. The number of amides is 1. The van der Waals surface area contributed by atoms with Gasteiger partial charge in [0.2, 0.25) is 0 Å². The summed E-state index contributed by atoms with van der Waals surface area (Å²) in [6.45, 7) is 1.73.